The van der Waals surface area contributed by atoms with Gasteiger partial charge in [0.1, 0.15) is 11.2 Å². The van der Waals surface area contributed by atoms with Crippen LogP contribution in [-0.2, 0) is 0 Å². The molecule has 1 unspecified atom stereocenters. The Morgan fingerprint density at radius 3 is 2.06 bits per heavy atom. The molecule has 0 aliphatic carbocycles. The van der Waals surface area contributed by atoms with E-state index in [9.17, 15) is 5.26 Å². The van der Waals surface area contributed by atoms with E-state index in [2.05, 4.69) is 102 Å². The third-order valence-electron chi connectivity index (χ3n) is 8.85. The van der Waals surface area contributed by atoms with Crippen LogP contribution in [0.4, 0.5) is 11.4 Å². The van der Waals surface area contributed by atoms with E-state index in [1.54, 1.807) is 12.3 Å². The summed E-state index contributed by atoms with van der Waals surface area (Å²) in [7, 11) is 0. The molecule has 5 nitrogen and oxygen atoms in total. The van der Waals surface area contributed by atoms with Crippen LogP contribution in [-0.4, -0.2) is 12.4 Å². The Morgan fingerprint density at radius 1 is 0.569 bits per heavy atom. The first-order valence-corrected chi connectivity index (χ1v) is 16.8. The van der Waals surface area contributed by atoms with Crippen LogP contribution in [0.2, 0.25) is 0 Å². The first kappa shape index (κ1) is 31.3. The van der Waals surface area contributed by atoms with Gasteiger partial charge in [0.15, 0.2) is 6.17 Å². The molecule has 5 heteroatoms. The Labute approximate surface area is 296 Å². The van der Waals surface area contributed by atoms with Gasteiger partial charge < -0.3 is 9.73 Å². The molecule has 0 radical (unpaired) electrons. The van der Waals surface area contributed by atoms with E-state index in [-0.39, 0.29) is 0 Å². The average molecular weight is 657 g/mol. The lowest BCUT2D eigenvalue weighted by molar-refractivity contribution is 0.670. The summed E-state index contributed by atoms with van der Waals surface area (Å²) in [6.45, 7) is 0. The maximum Gasteiger partial charge on any atom is 0.165 e. The number of hydrogen-bond acceptors (Lipinski definition) is 5. The number of fused-ring (bicyclic) bond motifs is 3. The quantitative estimate of drug-likeness (QED) is 0.157. The Bertz CT molecular complexity index is 2560. The molecule has 1 aromatic heterocycles. The molecule has 0 spiro atoms. The summed E-state index contributed by atoms with van der Waals surface area (Å²) in [5.74, 6) is 0. The highest BCUT2D eigenvalue weighted by Gasteiger charge is 2.15. The van der Waals surface area contributed by atoms with Crippen molar-refractivity contribution in [2.45, 2.75) is 6.17 Å². The third kappa shape index (κ3) is 6.80. The van der Waals surface area contributed by atoms with E-state index in [0.29, 0.717) is 5.56 Å². The summed E-state index contributed by atoms with van der Waals surface area (Å²) in [6.07, 6.45) is 3.15. The summed E-state index contributed by atoms with van der Waals surface area (Å²) in [5, 5.41) is 15.3. The number of nitrogens with one attached hydrogen (secondary N) is 1. The minimum atomic E-state index is -0.475. The summed E-state index contributed by atoms with van der Waals surface area (Å²) >= 11 is 0. The summed E-state index contributed by atoms with van der Waals surface area (Å²) in [6, 6.07) is 59.3. The number of aliphatic imine (C=N–C) groups is 2. The van der Waals surface area contributed by atoms with Crippen LogP contribution in [0.15, 0.2) is 184 Å². The van der Waals surface area contributed by atoms with Crippen molar-refractivity contribution >= 4 is 45.7 Å². The average Bonchev–Trinajstić information content (AvgIpc) is 3.58. The summed E-state index contributed by atoms with van der Waals surface area (Å²) in [4.78, 5) is 9.70. The highest BCUT2D eigenvalue weighted by Crippen LogP contribution is 2.39. The van der Waals surface area contributed by atoms with Crippen molar-refractivity contribution in [2.24, 2.45) is 9.98 Å². The van der Waals surface area contributed by atoms with Gasteiger partial charge in [0, 0.05) is 45.7 Å². The lowest BCUT2D eigenvalue weighted by Crippen LogP contribution is -1.98. The number of nitriles is 1. The molecule has 0 bridgehead atoms. The number of furan rings is 1. The van der Waals surface area contributed by atoms with Gasteiger partial charge in [0.2, 0.25) is 0 Å². The van der Waals surface area contributed by atoms with Gasteiger partial charge in [-0.05, 0) is 64.2 Å². The zero-order chi connectivity index (χ0) is 34.4. The minimum Gasteiger partial charge on any atom is -0.455 e. The molecule has 0 fully saturated rings. The third-order valence-corrected chi connectivity index (χ3v) is 8.85. The predicted octanol–water partition coefficient (Wildman–Crippen LogP) is 11.8. The van der Waals surface area contributed by atoms with E-state index in [1.165, 1.54) is 0 Å². The van der Waals surface area contributed by atoms with Crippen LogP contribution in [0.25, 0.3) is 44.2 Å². The zero-order valence-electron chi connectivity index (χ0n) is 27.6. The molecule has 7 aromatic carbocycles. The Balaban J connectivity index is 1.14. The van der Waals surface area contributed by atoms with Gasteiger partial charge in [-0.15, -0.1) is 0 Å². The normalized spacial score (nSPS) is 12.1. The molecule has 0 saturated carbocycles. The van der Waals surface area contributed by atoms with Gasteiger partial charge >= 0.3 is 0 Å². The van der Waals surface area contributed by atoms with E-state index in [1.807, 2.05) is 79.0 Å². The van der Waals surface area contributed by atoms with Gasteiger partial charge in [0.25, 0.3) is 0 Å². The number of anilines is 2. The molecule has 0 amide bonds. The fourth-order valence-electron chi connectivity index (χ4n) is 6.30. The highest BCUT2D eigenvalue weighted by molar-refractivity contribution is 6.09. The predicted molar refractivity (Wildman–Crippen MR) is 210 cm³/mol. The molecule has 1 N–H and O–H groups in total. The maximum atomic E-state index is 9.36. The van der Waals surface area contributed by atoms with Crippen molar-refractivity contribution in [2.75, 3.05) is 5.32 Å². The standard InChI is InChI=1S/C46H32N4O/c47-29-33-13-9-14-34(27-33)31-49-46(48-30-32-11-3-1-4-12-32)36-21-24-38(25-22-36)50-43-28-37(23-26-39(43)35-15-5-2-6-16-35)40-18-10-19-42-41-17-7-8-20-44(41)51-45(40)42/h1-28,30-31,46,50H. The monoisotopic (exact) mass is 656 g/mol. The second kappa shape index (κ2) is 14.2. The second-order valence-corrected chi connectivity index (χ2v) is 12.2. The molecule has 242 valence electrons. The van der Waals surface area contributed by atoms with Gasteiger partial charge in [-0.1, -0.05) is 133 Å². The minimum absolute atomic E-state index is 0.475. The van der Waals surface area contributed by atoms with E-state index in [4.69, 9.17) is 14.4 Å². The topological polar surface area (TPSA) is 73.7 Å². The SMILES string of the molecule is N#Cc1cccc(C=NC(N=Cc2ccccc2)c2ccc(Nc3cc(-c4cccc5c4oc4ccccc45)ccc3-c3ccccc3)cc2)c1. The van der Waals surface area contributed by atoms with Crippen molar-refractivity contribution in [3.8, 4) is 28.3 Å². The van der Waals surface area contributed by atoms with Crippen molar-refractivity contribution < 1.29 is 4.42 Å². The maximum absolute atomic E-state index is 9.36. The Hall–Kier alpha value is -7.03. The number of para-hydroxylation sites is 2. The van der Waals surface area contributed by atoms with Gasteiger partial charge in [-0.2, -0.15) is 5.26 Å². The van der Waals surface area contributed by atoms with Gasteiger partial charge in [0.05, 0.1) is 11.6 Å². The fourth-order valence-corrected chi connectivity index (χ4v) is 6.30. The first-order chi connectivity index (χ1) is 25.2. The van der Waals surface area contributed by atoms with Crippen LogP contribution in [0.5, 0.6) is 0 Å². The molecular weight excluding hydrogens is 625 g/mol. The fraction of sp³-hybridized carbons (Fsp3) is 0.0217. The van der Waals surface area contributed by atoms with E-state index < -0.39 is 6.17 Å². The summed E-state index contributed by atoms with van der Waals surface area (Å²) < 4.78 is 6.40. The largest absolute Gasteiger partial charge is 0.455 e. The highest BCUT2D eigenvalue weighted by atomic mass is 16.3. The summed E-state index contributed by atoms with van der Waals surface area (Å²) in [5.41, 5.74) is 11.4. The molecule has 51 heavy (non-hydrogen) atoms. The Kier molecular flexibility index (Phi) is 8.71. The van der Waals surface area contributed by atoms with E-state index >= 15 is 0 Å². The number of rotatable bonds is 9. The van der Waals surface area contributed by atoms with Crippen LogP contribution >= 0.6 is 0 Å². The van der Waals surface area contributed by atoms with Gasteiger partial charge in [-0.25, -0.2) is 0 Å². The zero-order valence-corrected chi connectivity index (χ0v) is 27.6. The molecule has 8 aromatic rings. The van der Waals surface area contributed by atoms with Crippen LogP contribution in [0.1, 0.15) is 28.4 Å². The molecule has 1 atom stereocenters. The molecule has 8 rings (SSSR count). The molecule has 1 heterocycles. The van der Waals surface area contributed by atoms with Crippen LogP contribution < -0.4 is 5.32 Å². The number of nitrogens with zero attached hydrogens (tertiary/aromatic N) is 3. The van der Waals surface area contributed by atoms with Crippen LogP contribution in [0.3, 0.4) is 0 Å². The Morgan fingerprint density at radius 2 is 1.25 bits per heavy atom. The number of hydrogen-bond donors (Lipinski definition) is 1. The lowest BCUT2D eigenvalue weighted by atomic mass is 9.97. The lowest BCUT2D eigenvalue weighted by Gasteiger charge is -2.16. The van der Waals surface area contributed by atoms with Crippen molar-refractivity contribution in [3.63, 3.8) is 0 Å². The molecule has 0 saturated heterocycles. The molecule has 0 aliphatic heterocycles. The second-order valence-electron chi connectivity index (χ2n) is 12.2. The van der Waals surface area contributed by atoms with Crippen LogP contribution in [0, 0.1) is 11.3 Å². The molecular formula is C46H32N4O. The number of benzene rings is 7. The van der Waals surface area contributed by atoms with Crippen molar-refractivity contribution in [1.82, 2.24) is 0 Å². The van der Waals surface area contributed by atoms with E-state index in [0.717, 1.165) is 72.3 Å². The first-order valence-electron chi connectivity index (χ1n) is 16.8. The van der Waals surface area contributed by atoms with Crippen molar-refractivity contribution in [3.05, 3.63) is 192 Å². The molecule has 0 aliphatic rings. The van der Waals surface area contributed by atoms with Crippen molar-refractivity contribution in [1.29, 1.82) is 5.26 Å². The smallest absolute Gasteiger partial charge is 0.165 e. The van der Waals surface area contributed by atoms with Gasteiger partial charge in [-0.3, -0.25) is 9.98 Å².